The molecule has 98 valence electrons. The highest BCUT2D eigenvalue weighted by Gasteiger charge is 2.20. The van der Waals surface area contributed by atoms with E-state index in [9.17, 15) is 14.0 Å². The average Bonchev–Trinajstić information content (AvgIpc) is 2.86. The Hall–Kier alpha value is -2.70. The van der Waals surface area contributed by atoms with E-state index in [2.05, 4.69) is 9.68 Å². The zero-order valence-corrected chi connectivity index (χ0v) is 9.83. The number of benzene rings is 1. The number of hydrogen-bond donors (Lipinski definition) is 1. The van der Waals surface area contributed by atoms with E-state index >= 15 is 0 Å². The summed E-state index contributed by atoms with van der Waals surface area (Å²) in [6, 6.07) is 6.44. The molecule has 0 bridgehead atoms. The zero-order chi connectivity index (χ0) is 14.0. The molecule has 19 heavy (non-hydrogen) atoms. The van der Waals surface area contributed by atoms with Crippen molar-refractivity contribution in [1.82, 2.24) is 5.16 Å². The van der Waals surface area contributed by atoms with Crippen LogP contribution in [0.4, 0.5) is 10.1 Å². The van der Waals surface area contributed by atoms with Crippen molar-refractivity contribution in [3.05, 3.63) is 47.6 Å². The van der Waals surface area contributed by atoms with Gasteiger partial charge in [0, 0.05) is 18.8 Å². The Bertz CT molecular complexity index is 638. The highest BCUT2D eigenvalue weighted by atomic mass is 19.1. The van der Waals surface area contributed by atoms with Gasteiger partial charge in [0.1, 0.15) is 5.82 Å². The quantitative estimate of drug-likeness (QED) is 0.913. The number of carboxylic acid groups (broad SMARTS) is 1. The van der Waals surface area contributed by atoms with Crippen molar-refractivity contribution in [2.24, 2.45) is 0 Å². The van der Waals surface area contributed by atoms with E-state index in [4.69, 9.17) is 5.11 Å². The van der Waals surface area contributed by atoms with Gasteiger partial charge in [0.15, 0.2) is 5.69 Å². The molecule has 0 saturated carbocycles. The normalized spacial score (nSPS) is 10.2. The molecule has 6 nitrogen and oxygen atoms in total. The topological polar surface area (TPSA) is 83.6 Å². The molecule has 0 unspecified atom stereocenters. The SMILES string of the molecule is CN(C(=O)c1cc(C(=O)O)on1)c1cccc(F)c1. The molecule has 2 aromatic rings. The van der Waals surface area contributed by atoms with E-state index in [1.165, 1.54) is 25.2 Å². The van der Waals surface area contributed by atoms with Crippen LogP contribution in [0.15, 0.2) is 34.9 Å². The predicted octanol–water partition coefficient (Wildman–Crippen LogP) is 1.79. The number of anilines is 1. The van der Waals surface area contributed by atoms with Crippen LogP contribution in [0.5, 0.6) is 0 Å². The van der Waals surface area contributed by atoms with Crippen molar-refractivity contribution in [1.29, 1.82) is 0 Å². The van der Waals surface area contributed by atoms with Crippen LogP contribution in [0.2, 0.25) is 0 Å². The first-order valence-electron chi connectivity index (χ1n) is 5.22. The van der Waals surface area contributed by atoms with Crippen molar-refractivity contribution in [2.45, 2.75) is 0 Å². The van der Waals surface area contributed by atoms with Crippen molar-refractivity contribution >= 4 is 17.6 Å². The summed E-state index contributed by atoms with van der Waals surface area (Å²) in [5.74, 6) is -2.83. The molecule has 0 aliphatic rings. The fraction of sp³-hybridized carbons (Fsp3) is 0.0833. The Morgan fingerprint density at radius 1 is 1.37 bits per heavy atom. The summed E-state index contributed by atoms with van der Waals surface area (Å²) in [5, 5.41) is 12.0. The minimum absolute atomic E-state index is 0.163. The van der Waals surface area contributed by atoms with Crippen LogP contribution < -0.4 is 4.90 Å². The lowest BCUT2D eigenvalue weighted by molar-refractivity contribution is 0.0651. The van der Waals surface area contributed by atoms with E-state index in [1.54, 1.807) is 6.07 Å². The van der Waals surface area contributed by atoms with Gasteiger partial charge in [0.2, 0.25) is 5.76 Å². The second kappa shape index (κ2) is 4.89. The first kappa shape index (κ1) is 12.7. The van der Waals surface area contributed by atoms with E-state index in [1.807, 2.05) is 0 Å². The molecule has 0 aliphatic heterocycles. The van der Waals surface area contributed by atoms with E-state index < -0.39 is 23.5 Å². The number of carbonyl (C=O) groups is 2. The summed E-state index contributed by atoms with van der Waals surface area (Å²) in [5.41, 5.74) is 0.161. The first-order chi connectivity index (χ1) is 8.99. The lowest BCUT2D eigenvalue weighted by atomic mass is 10.2. The first-order valence-corrected chi connectivity index (χ1v) is 5.22. The van der Waals surface area contributed by atoms with Gasteiger partial charge in [-0.1, -0.05) is 11.2 Å². The molecule has 1 aromatic heterocycles. The van der Waals surface area contributed by atoms with Crippen molar-refractivity contribution in [2.75, 3.05) is 11.9 Å². The van der Waals surface area contributed by atoms with Gasteiger partial charge in [0.25, 0.3) is 5.91 Å². The Morgan fingerprint density at radius 2 is 2.11 bits per heavy atom. The predicted molar refractivity (Wildman–Crippen MR) is 62.6 cm³/mol. The molecule has 1 amide bonds. The molecule has 1 heterocycles. The Balaban J connectivity index is 2.25. The Kier molecular flexibility index (Phi) is 3.28. The van der Waals surface area contributed by atoms with Gasteiger partial charge in [-0.05, 0) is 18.2 Å². The molecule has 1 aromatic carbocycles. The standard InChI is InChI=1S/C12H9FN2O4/c1-15(8-4-2-3-7(13)5-8)11(16)9-6-10(12(17)18)19-14-9/h2-6H,1H3,(H,17,18). The highest BCUT2D eigenvalue weighted by molar-refractivity contribution is 6.05. The third kappa shape index (κ3) is 2.59. The third-order valence-corrected chi connectivity index (χ3v) is 2.44. The van der Waals surface area contributed by atoms with Gasteiger partial charge >= 0.3 is 5.97 Å². The Labute approximate surface area is 107 Å². The van der Waals surface area contributed by atoms with Gasteiger partial charge in [-0.2, -0.15) is 0 Å². The van der Waals surface area contributed by atoms with Crippen LogP contribution in [0, 0.1) is 5.82 Å². The second-order valence-corrected chi connectivity index (χ2v) is 3.73. The molecule has 7 heteroatoms. The van der Waals surface area contributed by atoms with Crippen molar-refractivity contribution in [3.63, 3.8) is 0 Å². The second-order valence-electron chi connectivity index (χ2n) is 3.73. The number of hydrogen-bond acceptors (Lipinski definition) is 4. The number of rotatable bonds is 3. The van der Waals surface area contributed by atoms with Crippen LogP contribution in [0.1, 0.15) is 21.0 Å². The molecular weight excluding hydrogens is 255 g/mol. The van der Waals surface area contributed by atoms with Gasteiger partial charge in [-0.15, -0.1) is 0 Å². The number of nitrogens with zero attached hydrogens (tertiary/aromatic N) is 2. The smallest absolute Gasteiger partial charge is 0.374 e. The van der Waals surface area contributed by atoms with Crippen LogP contribution in [-0.4, -0.2) is 29.2 Å². The van der Waals surface area contributed by atoms with Crippen molar-refractivity contribution < 1.29 is 23.6 Å². The van der Waals surface area contributed by atoms with E-state index in [0.29, 0.717) is 5.69 Å². The summed E-state index contributed by atoms with van der Waals surface area (Å²) in [6.07, 6.45) is 0. The molecule has 0 saturated heterocycles. The highest BCUT2D eigenvalue weighted by Crippen LogP contribution is 2.16. The summed E-state index contributed by atoms with van der Waals surface area (Å²) < 4.78 is 17.5. The van der Waals surface area contributed by atoms with Crippen LogP contribution in [-0.2, 0) is 0 Å². The minimum Gasteiger partial charge on any atom is -0.475 e. The van der Waals surface area contributed by atoms with Crippen LogP contribution in [0.3, 0.4) is 0 Å². The number of aromatic nitrogens is 1. The zero-order valence-electron chi connectivity index (χ0n) is 9.83. The lowest BCUT2D eigenvalue weighted by Gasteiger charge is -2.15. The maximum Gasteiger partial charge on any atom is 0.374 e. The molecule has 0 radical (unpaired) electrons. The summed E-state index contributed by atoms with van der Waals surface area (Å²) in [6.45, 7) is 0. The van der Waals surface area contributed by atoms with Crippen molar-refractivity contribution in [3.8, 4) is 0 Å². The molecule has 1 N–H and O–H groups in total. The number of amides is 1. The summed E-state index contributed by atoms with van der Waals surface area (Å²) >= 11 is 0. The molecule has 0 spiro atoms. The Morgan fingerprint density at radius 3 is 2.68 bits per heavy atom. The molecule has 0 atom stereocenters. The molecular formula is C12H9FN2O4. The number of aromatic carboxylic acids is 1. The lowest BCUT2D eigenvalue weighted by Crippen LogP contribution is -2.26. The van der Waals surface area contributed by atoms with Gasteiger partial charge in [0.05, 0.1) is 0 Å². The van der Waals surface area contributed by atoms with Gasteiger partial charge in [-0.3, -0.25) is 4.79 Å². The molecule has 0 fully saturated rings. The van der Waals surface area contributed by atoms with Crippen LogP contribution >= 0.6 is 0 Å². The summed E-state index contributed by atoms with van der Waals surface area (Å²) in [4.78, 5) is 23.7. The number of halogens is 1. The van der Waals surface area contributed by atoms with Gasteiger partial charge < -0.3 is 14.5 Å². The van der Waals surface area contributed by atoms with E-state index in [0.717, 1.165) is 11.0 Å². The third-order valence-electron chi connectivity index (χ3n) is 2.44. The largest absolute Gasteiger partial charge is 0.475 e. The van der Waals surface area contributed by atoms with Gasteiger partial charge in [-0.25, -0.2) is 9.18 Å². The number of carbonyl (C=O) groups excluding carboxylic acids is 1. The summed E-state index contributed by atoms with van der Waals surface area (Å²) in [7, 11) is 1.42. The molecule has 0 aliphatic carbocycles. The maximum atomic E-state index is 13.1. The van der Waals surface area contributed by atoms with E-state index in [-0.39, 0.29) is 5.69 Å². The fourth-order valence-corrected chi connectivity index (χ4v) is 1.45. The minimum atomic E-state index is -1.32. The number of carboxylic acids is 1. The van der Waals surface area contributed by atoms with Crippen LogP contribution in [0.25, 0.3) is 0 Å². The fourth-order valence-electron chi connectivity index (χ4n) is 1.45. The molecule has 2 rings (SSSR count). The average molecular weight is 264 g/mol. The monoisotopic (exact) mass is 264 g/mol. The maximum absolute atomic E-state index is 13.1.